The fraction of sp³-hybridized carbons (Fsp3) is 0.944. The molecule has 3 heteroatoms. The van der Waals surface area contributed by atoms with Crippen molar-refractivity contribution in [2.45, 2.75) is 83.7 Å². The third kappa shape index (κ3) is 6.36. The number of hydrogen-bond acceptors (Lipinski definition) is 3. The van der Waals surface area contributed by atoms with E-state index in [0.717, 1.165) is 37.8 Å². The van der Waals surface area contributed by atoms with Gasteiger partial charge >= 0.3 is 0 Å². The summed E-state index contributed by atoms with van der Waals surface area (Å²) in [5, 5.41) is 12.7. The molecule has 0 heterocycles. The largest absolute Gasteiger partial charge is 0.303 e. The van der Waals surface area contributed by atoms with Crippen LogP contribution in [-0.4, -0.2) is 36.6 Å². The fourth-order valence-corrected chi connectivity index (χ4v) is 3.54. The van der Waals surface area contributed by atoms with E-state index in [9.17, 15) is 5.26 Å². The van der Waals surface area contributed by atoms with Gasteiger partial charge in [0.25, 0.3) is 0 Å². The number of nitrogens with one attached hydrogen (secondary N) is 1. The van der Waals surface area contributed by atoms with Gasteiger partial charge in [-0.3, -0.25) is 5.32 Å². The molecule has 3 atom stereocenters. The molecule has 3 nitrogen and oxygen atoms in total. The summed E-state index contributed by atoms with van der Waals surface area (Å²) in [7, 11) is 2.28. The summed E-state index contributed by atoms with van der Waals surface area (Å²) in [6.07, 6.45) is 9.93. The fourth-order valence-electron chi connectivity index (χ4n) is 3.54. The van der Waals surface area contributed by atoms with Crippen LogP contribution in [0.3, 0.4) is 0 Å². The van der Waals surface area contributed by atoms with Crippen LogP contribution >= 0.6 is 0 Å². The third-order valence-corrected chi connectivity index (χ3v) is 5.08. The Kier molecular flexibility index (Phi) is 8.29. The van der Waals surface area contributed by atoms with E-state index in [2.05, 4.69) is 37.2 Å². The van der Waals surface area contributed by atoms with E-state index in [1.54, 1.807) is 0 Å². The van der Waals surface area contributed by atoms with Crippen LogP contribution in [0.15, 0.2) is 0 Å². The zero-order valence-electron chi connectivity index (χ0n) is 14.6. The van der Waals surface area contributed by atoms with Crippen molar-refractivity contribution in [3.63, 3.8) is 0 Å². The van der Waals surface area contributed by atoms with Crippen molar-refractivity contribution >= 4 is 0 Å². The van der Waals surface area contributed by atoms with Gasteiger partial charge in [-0.25, -0.2) is 0 Å². The van der Waals surface area contributed by atoms with E-state index in [0.29, 0.717) is 0 Å². The van der Waals surface area contributed by atoms with Crippen molar-refractivity contribution in [1.29, 1.82) is 5.26 Å². The van der Waals surface area contributed by atoms with Gasteiger partial charge in [0.1, 0.15) is 5.54 Å². The molecular formula is C18H35N3. The molecule has 0 saturated heterocycles. The summed E-state index contributed by atoms with van der Waals surface area (Å²) in [6, 6.07) is 3.22. The first-order valence-electron chi connectivity index (χ1n) is 8.89. The molecule has 1 fully saturated rings. The number of hydrogen-bond donors (Lipinski definition) is 1. The van der Waals surface area contributed by atoms with Crippen LogP contribution in [0.5, 0.6) is 0 Å². The molecule has 0 aliphatic heterocycles. The van der Waals surface area contributed by atoms with E-state index in [4.69, 9.17) is 0 Å². The minimum absolute atomic E-state index is 0.341. The second kappa shape index (κ2) is 9.43. The Morgan fingerprint density at radius 3 is 2.62 bits per heavy atom. The van der Waals surface area contributed by atoms with Crippen LogP contribution in [-0.2, 0) is 0 Å². The highest BCUT2D eigenvalue weighted by Crippen LogP contribution is 2.27. The lowest BCUT2D eigenvalue weighted by Gasteiger charge is -2.36. The number of rotatable bonds is 9. The molecule has 0 amide bonds. The molecule has 0 bridgehead atoms. The Morgan fingerprint density at radius 2 is 2.00 bits per heavy atom. The Morgan fingerprint density at radius 1 is 1.29 bits per heavy atom. The maximum absolute atomic E-state index is 9.34. The molecule has 1 aliphatic rings. The van der Waals surface area contributed by atoms with Gasteiger partial charge in [-0.05, 0) is 71.5 Å². The first-order chi connectivity index (χ1) is 10.0. The highest BCUT2D eigenvalue weighted by molar-refractivity contribution is 5.03. The maximum Gasteiger partial charge on any atom is 0.103 e. The van der Waals surface area contributed by atoms with Gasteiger partial charge in [-0.1, -0.05) is 26.7 Å². The lowest BCUT2D eigenvalue weighted by Crippen LogP contribution is -2.42. The molecule has 1 saturated carbocycles. The monoisotopic (exact) mass is 293 g/mol. The van der Waals surface area contributed by atoms with E-state index in [1.807, 2.05) is 6.92 Å². The SMILES string of the molecule is CCCNC(C)(C#N)CCCCN(C)C1CCCCC1C. The minimum atomic E-state index is -0.341. The molecule has 1 aliphatic carbocycles. The molecule has 1 rings (SSSR count). The summed E-state index contributed by atoms with van der Waals surface area (Å²) < 4.78 is 0. The Bertz CT molecular complexity index is 323. The second-order valence-electron chi connectivity index (χ2n) is 7.14. The van der Waals surface area contributed by atoms with E-state index in [-0.39, 0.29) is 5.54 Å². The highest BCUT2D eigenvalue weighted by atomic mass is 15.1. The second-order valence-corrected chi connectivity index (χ2v) is 7.14. The molecule has 1 N–H and O–H groups in total. The van der Waals surface area contributed by atoms with Crippen LogP contribution in [0, 0.1) is 17.2 Å². The quantitative estimate of drug-likeness (QED) is 0.654. The molecule has 122 valence electrons. The predicted octanol–water partition coefficient (Wildman–Crippen LogP) is 3.95. The summed E-state index contributed by atoms with van der Waals surface area (Å²) >= 11 is 0. The van der Waals surface area contributed by atoms with Crippen molar-refractivity contribution in [3.05, 3.63) is 0 Å². The lowest BCUT2D eigenvalue weighted by atomic mass is 9.85. The topological polar surface area (TPSA) is 39.1 Å². The van der Waals surface area contributed by atoms with Gasteiger partial charge in [0.05, 0.1) is 6.07 Å². The van der Waals surface area contributed by atoms with Crippen molar-refractivity contribution in [2.75, 3.05) is 20.1 Å². The molecule has 0 aromatic carbocycles. The summed E-state index contributed by atoms with van der Waals surface area (Å²) in [4.78, 5) is 2.56. The smallest absolute Gasteiger partial charge is 0.103 e. The molecule has 0 spiro atoms. The highest BCUT2D eigenvalue weighted by Gasteiger charge is 2.25. The summed E-state index contributed by atoms with van der Waals surface area (Å²) in [5.74, 6) is 0.847. The van der Waals surface area contributed by atoms with Crippen molar-refractivity contribution in [2.24, 2.45) is 5.92 Å². The van der Waals surface area contributed by atoms with Crippen molar-refractivity contribution in [1.82, 2.24) is 10.2 Å². The third-order valence-electron chi connectivity index (χ3n) is 5.08. The van der Waals surface area contributed by atoms with Crippen molar-refractivity contribution < 1.29 is 0 Å². The number of nitrogens with zero attached hydrogens (tertiary/aromatic N) is 2. The Labute approximate surface area is 132 Å². The Balaban J connectivity index is 2.24. The number of unbranched alkanes of at least 4 members (excludes halogenated alkanes) is 1. The average Bonchev–Trinajstić information content (AvgIpc) is 2.50. The molecular weight excluding hydrogens is 258 g/mol. The zero-order valence-corrected chi connectivity index (χ0v) is 14.6. The first-order valence-corrected chi connectivity index (χ1v) is 8.89. The standard InChI is InChI=1S/C18H35N3/c1-5-13-20-18(3,15-19)12-8-9-14-21(4)17-11-7-6-10-16(17)2/h16-17,20H,5-14H2,1-4H3. The van der Waals surface area contributed by atoms with Crippen molar-refractivity contribution in [3.8, 4) is 6.07 Å². The normalized spacial score (nSPS) is 25.5. The molecule has 0 radical (unpaired) electrons. The van der Waals surface area contributed by atoms with E-state index >= 15 is 0 Å². The number of nitriles is 1. The molecule has 21 heavy (non-hydrogen) atoms. The first kappa shape index (κ1) is 18.5. The van der Waals surface area contributed by atoms with Crippen LogP contribution in [0.25, 0.3) is 0 Å². The lowest BCUT2D eigenvalue weighted by molar-refractivity contribution is 0.137. The molecule has 0 aromatic heterocycles. The minimum Gasteiger partial charge on any atom is -0.303 e. The van der Waals surface area contributed by atoms with Gasteiger partial charge in [0, 0.05) is 6.04 Å². The van der Waals surface area contributed by atoms with Crippen LogP contribution in [0.1, 0.15) is 72.1 Å². The van der Waals surface area contributed by atoms with Gasteiger partial charge in [-0.2, -0.15) is 5.26 Å². The zero-order chi connectivity index (χ0) is 15.7. The average molecular weight is 293 g/mol. The van der Waals surface area contributed by atoms with E-state index < -0.39 is 0 Å². The van der Waals surface area contributed by atoms with Gasteiger partial charge in [-0.15, -0.1) is 0 Å². The van der Waals surface area contributed by atoms with Crippen LogP contribution in [0.2, 0.25) is 0 Å². The summed E-state index contributed by atoms with van der Waals surface area (Å²) in [5.41, 5.74) is -0.341. The van der Waals surface area contributed by atoms with Gasteiger partial charge < -0.3 is 4.90 Å². The van der Waals surface area contributed by atoms with Crippen LogP contribution < -0.4 is 5.32 Å². The predicted molar refractivity (Wildman–Crippen MR) is 90.2 cm³/mol. The molecule has 0 aromatic rings. The Hall–Kier alpha value is -0.590. The summed E-state index contributed by atoms with van der Waals surface area (Å²) in [6.45, 7) is 8.69. The molecule has 3 unspecified atom stereocenters. The maximum atomic E-state index is 9.34. The van der Waals surface area contributed by atoms with Crippen LogP contribution in [0.4, 0.5) is 0 Å². The van der Waals surface area contributed by atoms with Gasteiger partial charge in [0.15, 0.2) is 0 Å². The van der Waals surface area contributed by atoms with Gasteiger partial charge in [0.2, 0.25) is 0 Å². The van der Waals surface area contributed by atoms with E-state index in [1.165, 1.54) is 38.6 Å².